The van der Waals surface area contributed by atoms with Gasteiger partial charge in [-0.25, -0.2) is 0 Å². The lowest BCUT2D eigenvalue weighted by Gasteiger charge is -2.00. The molecule has 0 radical (unpaired) electrons. The average Bonchev–Trinajstić information content (AvgIpc) is 2.77. The second kappa shape index (κ2) is 6.33. The van der Waals surface area contributed by atoms with E-state index in [0.29, 0.717) is 6.61 Å². The van der Waals surface area contributed by atoms with Crippen molar-refractivity contribution in [3.63, 3.8) is 0 Å². The molecule has 1 heterocycles. The van der Waals surface area contributed by atoms with Crippen LogP contribution in [-0.4, -0.2) is 0 Å². The molecule has 1 aromatic heterocycles. The Balaban J connectivity index is 1.83. The molecule has 3 nitrogen and oxygen atoms in total. The summed E-state index contributed by atoms with van der Waals surface area (Å²) < 4.78 is 17.8. The molecule has 0 saturated heterocycles. The molecule has 0 unspecified atom stereocenters. The zero-order valence-corrected chi connectivity index (χ0v) is 13.3. The van der Waals surface area contributed by atoms with Crippen LogP contribution in [0.25, 0.3) is 21.9 Å². The molecule has 0 spiro atoms. The van der Waals surface area contributed by atoms with Gasteiger partial charge in [0.2, 0.25) is 0 Å². The van der Waals surface area contributed by atoms with Gasteiger partial charge in [-0.05, 0) is 17.7 Å². The standard InChI is InChI=1S/C19H15O3P/c1-2-8-15(9-3-1)14-20-23-21-18-12-6-4-10-16(18)17-11-5-7-13-19(17)22-23/h1-13H,14H2. The molecule has 0 fully saturated rings. The Hall–Kier alpha value is -2.48. The highest BCUT2D eigenvalue weighted by Crippen LogP contribution is 2.33. The van der Waals surface area contributed by atoms with Crippen LogP contribution in [0.3, 0.4) is 0 Å². The SMILES string of the molecule is c1ccc(COp2oc3ccccc3c3ccccc3o2)cc1. The molecule has 0 N–H and O–H groups in total. The number of hydrogen-bond acceptors (Lipinski definition) is 3. The van der Waals surface area contributed by atoms with E-state index < -0.39 is 8.24 Å². The third kappa shape index (κ3) is 3.02. The van der Waals surface area contributed by atoms with Crippen molar-refractivity contribution in [3.8, 4) is 0 Å². The van der Waals surface area contributed by atoms with E-state index in [0.717, 1.165) is 27.5 Å². The highest BCUT2D eigenvalue weighted by molar-refractivity contribution is 7.31. The first-order valence-electron chi connectivity index (χ1n) is 7.41. The Labute approximate surface area is 134 Å². The molecule has 0 bridgehead atoms. The number of rotatable bonds is 3. The Morgan fingerprint density at radius 1 is 0.652 bits per heavy atom. The highest BCUT2D eigenvalue weighted by Gasteiger charge is 2.06. The first-order valence-corrected chi connectivity index (χ1v) is 8.51. The van der Waals surface area contributed by atoms with Crippen molar-refractivity contribution in [1.82, 2.24) is 0 Å². The monoisotopic (exact) mass is 322 g/mol. The van der Waals surface area contributed by atoms with Crippen LogP contribution < -0.4 is 4.52 Å². The van der Waals surface area contributed by atoms with E-state index in [1.807, 2.05) is 78.9 Å². The Bertz CT molecular complexity index is 919. The molecule has 3 aromatic carbocycles. The zero-order valence-electron chi connectivity index (χ0n) is 12.4. The minimum absolute atomic E-state index is 0.455. The predicted molar refractivity (Wildman–Crippen MR) is 93.0 cm³/mol. The summed E-state index contributed by atoms with van der Waals surface area (Å²) in [6.07, 6.45) is 0. The van der Waals surface area contributed by atoms with Crippen molar-refractivity contribution >= 4 is 30.2 Å². The van der Waals surface area contributed by atoms with Gasteiger partial charge in [0, 0.05) is 10.8 Å². The van der Waals surface area contributed by atoms with Crippen LogP contribution in [0.15, 0.2) is 87.3 Å². The Morgan fingerprint density at radius 2 is 1.17 bits per heavy atom. The second-order valence-electron chi connectivity index (χ2n) is 5.16. The van der Waals surface area contributed by atoms with Crippen LogP contribution in [0.2, 0.25) is 0 Å². The summed E-state index contributed by atoms with van der Waals surface area (Å²) in [6, 6.07) is 25.9. The van der Waals surface area contributed by atoms with Gasteiger partial charge in [0.1, 0.15) is 11.2 Å². The third-order valence-corrected chi connectivity index (χ3v) is 4.62. The molecule has 0 aliphatic carbocycles. The van der Waals surface area contributed by atoms with Crippen LogP contribution in [0.5, 0.6) is 0 Å². The van der Waals surface area contributed by atoms with Gasteiger partial charge in [-0.1, -0.05) is 66.7 Å². The van der Waals surface area contributed by atoms with Crippen LogP contribution in [-0.2, 0) is 6.61 Å². The molecule has 114 valence electrons. The highest BCUT2D eigenvalue weighted by atomic mass is 31.1. The van der Waals surface area contributed by atoms with E-state index >= 15 is 0 Å². The summed E-state index contributed by atoms with van der Waals surface area (Å²) >= 11 is 0. The third-order valence-electron chi connectivity index (χ3n) is 3.59. The van der Waals surface area contributed by atoms with Crippen molar-refractivity contribution in [1.29, 1.82) is 0 Å². The van der Waals surface area contributed by atoms with Crippen molar-refractivity contribution in [2.24, 2.45) is 0 Å². The number of fused-ring (bicyclic) bond motifs is 3. The van der Waals surface area contributed by atoms with Gasteiger partial charge in [0.25, 0.3) is 0 Å². The molecular formula is C19H15O3P. The van der Waals surface area contributed by atoms with Crippen LogP contribution in [0.1, 0.15) is 5.56 Å². The minimum Gasteiger partial charge on any atom is -0.399 e. The molecule has 4 heteroatoms. The smallest absolute Gasteiger partial charge is 0.387 e. The lowest BCUT2D eigenvalue weighted by atomic mass is 10.1. The topological polar surface area (TPSA) is 35.5 Å². The fourth-order valence-corrected chi connectivity index (χ4v) is 3.51. The van der Waals surface area contributed by atoms with E-state index in [4.69, 9.17) is 12.9 Å². The van der Waals surface area contributed by atoms with Gasteiger partial charge in [-0.3, -0.25) is 4.52 Å². The molecule has 0 aliphatic rings. The van der Waals surface area contributed by atoms with Crippen molar-refractivity contribution in [2.75, 3.05) is 0 Å². The molecule has 0 aliphatic heterocycles. The van der Waals surface area contributed by atoms with Gasteiger partial charge >= 0.3 is 8.24 Å². The molecule has 23 heavy (non-hydrogen) atoms. The van der Waals surface area contributed by atoms with Gasteiger partial charge in [-0.15, -0.1) is 0 Å². The van der Waals surface area contributed by atoms with E-state index in [9.17, 15) is 0 Å². The maximum absolute atomic E-state index is 5.98. The summed E-state index contributed by atoms with van der Waals surface area (Å²) in [4.78, 5) is 0. The van der Waals surface area contributed by atoms with Gasteiger partial charge in [0.05, 0.1) is 6.61 Å². The average molecular weight is 322 g/mol. The summed E-state index contributed by atoms with van der Waals surface area (Å²) in [5, 5.41) is 2.05. The molecule has 0 amide bonds. The van der Waals surface area contributed by atoms with Crippen LogP contribution in [0.4, 0.5) is 0 Å². The maximum atomic E-state index is 5.98. The van der Waals surface area contributed by atoms with Gasteiger partial charge in [0.15, 0.2) is 0 Å². The zero-order chi connectivity index (χ0) is 15.5. The molecule has 4 rings (SSSR count). The quantitative estimate of drug-likeness (QED) is 0.470. The van der Waals surface area contributed by atoms with Crippen molar-refractivity contribution in [2.45, 2.75) is 6.61 Å². The lowest BCUT2D eigenvalue weighted by Crippen LogP contribution is -1.91. The molecular weight excluding hydrogens is 307 g/mol. The van der Waals surface area contributed by atoms with Crippen molar-refractivity contribution < 1.29 is 12.9 Å². The molecule has 4 aromatic rings. The van der Waals surface area contributed by atoms with Crippen molar-refractivity contribution in [3.05, 3.63) is 84.4 Å². The minimum atomic E-state index is -1.50. The van der Waals surface area contributed by atoms with E-state index in [1.54, 1.807) is 0 Å². The summed E-state index contributed by atoms with van der Waals surface area (Å²) in [7, 11) is -1.50. The molecule has 0 saturated carbocycles. The molecule has 0 atom stereocenters. The first kappa shape index (κ1) is 14.1. The first-order chi connectivity index (χ1) is 11.4. The number of benzene rings is 3. The van der Waals surface area contributed by atoms with E-state index in [-0.39, 0.29) is 0 Å². The fraction of sp³-hybridized carbons (Fsp3) is 0.0526. The fourth-order valence-electron chi connectivity index (χ4n) is 2.47. The largest absolute Gasteiger partial charge is 0.399 e. The summed E-state index contributed by atoms with van der Waals surface area (Å²) in [5.74, 6) is 0. The number of para-hydroxylation sites is 2. The Kier molecular flexibility index (Phi) is 3.89. The second-order valence-corrected chi connectivity index (χ2v) is 6.23. The van der Waals surface area contributed by atoms with Crippen LogP contribution >= 0.6 is 8.24 Å². The van der Waals surface area contributed by atoms with Gasteiger partial charge < -0.3 is 8.39 Å². The maximum Gasteiger partial charge on any atom is 0.387 e. The normalized spacial score (nSPS) is 11.0. The van der Waals surface area contributed by atoms with Crippen LogP contribution in [0, 0.1) is 0 Å². The lowest BCUT2D eigenvalue weighted by molar-refractivity contribution is 0.364. The summed E-state index contributed by atoms with van der Waals surface area (Å²) in [6.45, 7) is 0.455. The predicted octanol–water partition coefficient (Wildman–Crippen LogP) is 5.92. The number of hydrogen-bond donors (Lipinski definition) is 0. The van der Waals surface area contributed by atoms with Gasteiger partial charge in [-0.2, -0.15) is 0 Å². The van der Waals surface area contributed by atoms with E-state index in [2.05, 4.69) is 0 Å². The Morgan fingerprint density at radius 3 is 1.78 bits per heavy atom. The van der Waals surface area contributed by atoms with E-state index in [1.165, 1.54) is 0 Å². The summed E-state index contributed by atoms with van der Waals surface area (Å²) in [5.41, 5.74) is 2.67.